The van der Waals surface area contributed by atoms with E-state index in [-0.39, 0.29) is 0 Å². The molecule has 15 heavy (non-hydrogen) atoms. The van der Waals surface area contributed by atoms with E-state index in [0.29, 0.717) is 11.5 Å². The Labute approximate surface area is 90.4 Å². The van der Waals surface area contributed by atoms with Crippen LogP contribution < -0.4 is 10.5 Å². The van der Waals surface area contributed by atoms with Crippen LogP contribution in [0.15, 0.2) is 18.2 Å². The molecule has 2 heteroatoms. The van der Waals surface area contributed by atoms with Crippen molar-refractivity contribution < 1.29 is 4.74 Å². The van der Waals surface area contributed by atoms with Crippen molar-refractivity contribution in [3.05, 3.63) is 29.3 Å². The SMILES string of the molecule is COc1ccc2c(c1)C1(CC1)C(N)CC2. The van der Waals surface area contributed by atoms with Crippen molar-refractivity contribution >= 4 is 0 Å². The van der Waals surface area contributed by atoms with Gasteiger partial charge >= 0.3 is 0 Å². The number of nitrogens with two attached hydrogens (primary N) is 1. The highest BCUT2D eigenvalue weighted by atomic mass is 16.5. The Hall–Kier alpha value is -1.02. The van der Waals surface area contributed by atoms with Crippen LogP contribution in [0.4, 0.5) is 0 Å². The molecule has 1 saturated carbocycles. The molecule has 3 rings (SSSR count). The number of ether oxygens (including phenoxy) is 1. The molecule has 1 atom stereocenters. The monoisotopic (exact) mass is 203 g/mol. The van der Waals surface area contributed by atoms with Crippen LogP contribution in [0.25, 0.3) is 0 Å². The molecular weight excluding hydrogens is 186 g/mol. The van der Waals surface area contributed by atoms with Gasteiger partial charge in [-0.05, 0) is 48.9 Å². The molecule has 2 aliphatic carbocycles. The predicted octanol–water partition coefficient (Wildman–Crippen LogP) is 2.00. The highest BCUT2D eigenvalue weighted by molar-refractivity contribution is 5.47. The molecule has 2 nitrogen and oxygen atoms in total. The first-order valence-electron chi connectivity index (χ1n) is 5.69. The van der Waals surface area contributed by atoms with E-state index in [1.807, 2.05) is 0 Å². The number of hydrogen-bond donors (Lipinski definition) is 1. The fourth-order valence-electron chi connectivity index (χ4n) is 2.93. The molecule has 1 unspecified atom stereocenters. The summed E-state index contributed by atoms with van der Waals surface area (Å²) in [5.74, 6) is 0.967. The van der Waals surface area contributed by atoms with Gasteiger partial charge in [0.15, 0.2) is 0 Å². The number of methoxy groups -OCH3 is 1. The average Bonchev–Trinajstić information content (AvgIpc) is 3.05. The molecule has 0 amide bonds. The van der Waals surface area contributed by atoms with Crippen molar-refractivity contribution in [2.45, 2.75) is 37.1 Å². The largest absolute Gasteiger partial charge is 0.497 e. The van der Waals surface area contributed by atoms with Crippen LogP contribution in [0.2, 0.25) is 0 Å². The zero-order valence-electron chi connectivity index (χ0n) is 9.12. The van der Waals surface area contributed by atoms with Crippen molar-refractivity contribution in [2.75, 3.05) is 7.11 Å². The van der Waals surface area contributed by atoms with E-state index in [4.69, 9.17) is 10.5 Å². The van der Waals surface area contributed by atoms with Crippen LogP contribution in [0.1, 0.15) is 30.4 Å². The fourth-order valence-corrected chi connectivity index (χ4v) is 2.93. The topological polar surface area (TPSA) is 35.2 Å². The molecule has 1 aromatic carbocycles. The number of hydrogen-bond acceptors (Lipinski definition) is 2. The van der Waals surface area contributed by atoms with E-state index in [1.165, 1.54) is 24.0 Å². The van der Waals surface area contributed by atoms with E-state index >= 15 is 0 Å². The number of rotatable bonds is 1. The van der Waals surface area contributed by atoms with Gasteiger partial charge in [0.1, 0.15) is 5.75 Å². The lowest BCUT2D eigenvalue weighted by atomic mass is 9.77. The molecule has 0 saturated heterocycles. The summed E-state index contributed by atoms with van der Waals surface area (Å²) in [6.07, 6.45) is 4.78. The van der Waals surface area contributed by atoms with E-state index in [2.05, 4.69) is 18.2 Å². The smallest absolute Gasteiger partial charge is 0.119 e. The second-order valence-electron chi connectivity index (χ2n) is 4.82. The zero-order chi connectivity index (χ0) is 10.5. The van der Waals surface area contributed by atoms with Crippen LogP contribution in [0.5, 0.6) is 5.75 Å². The maximum atomic E-state index is 6.24. The first-order chi connectivity index (χ1) is 7.26. The minimum Gasteiger partial charge on any atom is -0.497 e. The Morgan fingerprint density at radius 3 is 2.87 bits per heavy atom. The molecule has 0 heterocycles. The highest BCUT2D eigenvalue weighted by Gasteiger charge is 2.51. The lowest BCUT2D eigenvalue weighted by Gasteiger charge is -2.31. The highest BCUT2D eigenvalue weighted by Crippen LogP contribution is 2.55. The van der Waals surface area contributed by atoms with Crippen molar-refractivity contribution in [3.63, 3.8) is 0 Å². The summed E-state index contributed by atoms with van der Waals surface area (Å²) in [6.45, 7) is 0. The zero-order valence-corrected chi connectivity index (χ0v) is 9.12. The summed E-state index contributed by atoms with van der Waals surface area (Å²) < 4.78 is 5.30. The van der Waals surface area contributed by atoms with Crippen molar-refractivity contribution in [1.82, 2.24) is 0 Å². The van der Waals surface area contributed by atoms with Gasteiger partial charge < -0.3 is 10.5 Å². The summed E-state index contributed by atoms with van der Waals surface area (Å²) >= 11 is 0. The molecule has 1 spiro atoms. The first kappa shape index (κ1) is 9.22. The number of aryl methyl sites for hydroxylation is 1. The van der Waals surface area contributed by atoms with Gasteiger partial charge in [-0.15, -0.1) is 0 Å². The van der Waals surface area contributed by atoms with Crippen molar-refractivity contribution in [2.24, 2.45) is 5.73 Å². The van der Waals surface area contributed by atoms with Gasteiger partial charge in [-0.3, -0.25) is 0 Å². The molecule has 2 aliphatic rings. The number of fused-ring (bicyclic) bond motifs is 2. The Bertz CT molecular complexity index is 396. The summed E-state index contributed by atoms with van der Waals surface area (Å²) in [7, 11) is 1.73. The van der Waals surface area contributed by atoms with E-state index in [9.17, 15) is 0 Å². The Morgan fingerprint density at radius 2 is 2.20 bits per heavy atom. The van der Waals surface area contributed by atoms with Gasteiger partial charge in [0.05, 0.1) is 7.11 Å². The van der Waals surface area contributed by atoms with E-state index in [0.717, 1.165) is 18.6 Å². The van der Waals surface area contributed by atoms with Gasteiger partial charge in [0, 0.05) is 11.5 Å². The van der Waals surface area contributed by atoms with E-state index < -0.39 is 0 Å². The van der Waals surface area contributed by atoms with Crippen LogP contribution in [0, 0.1) is 0 Å². The first-order valence-corrected chi connectivity index (χ1v) is 5.69. The minimum atomic E-state index is 0.308. The third-order valence-electron chi connectivity index (χ3n) is 4.08. The van der Waals surface area contributed by atoms with E-state index in [1.54, 1.807) is 7.11 Å². The van der Waals surface area contributed by atoms with Gasteiger partial charge in [0.25, 0.3) is 0 Å². The third-order valence-corrected chi connectivity index (χ3v) is 4.08. The van der Waals surface area contributed by atoms with Crippen molar-refractivity contribution in [1.29, 1.82) is 0 Å². The second kappa shape index (κ2) is 2.99. The molecule has 1 aromatic rings. The summed E-state index contributed by atoms with van der Waals surface area (Å²) in [4.78, 5) is 0. The standard InChI is InChI=1S/C13H17NO/c1-15-10-4-2-9-3-5-12(14)13(6-7-13)11(9)8-10/h2,4,8,12H,3,5-7,14H2,1H3. The molecule has 80 valence electrons. The molecule has 0 bridgehead atoms. The molecule has 2 N–H and O–H groups in total. The normalized spacial score (nSPS) is 26.1. The molecule has 0 radical (unpaired) electrons. The molecular formula is C13H17NO. The van der Waals surface area contributed by atoms with Crippen LogP contribution >= 0.6 is 0 Å². The van der Waals surface area contributed by atoms with Gasteiger partial charge in [-0.25, -0.2) is 0 Å². The maximum absolute atomic E-state index is 6.24. The maximum Gasteiger partial charge on any atom is 0.119 e. The Morgan fingerprint density at radius 1 is 1.40 bits per heavy atom. The minimum absolute atomic E-state index is 0.308. The van der Waals surface area contributed by atoms with Crippen LogP contribution in [-0.4, -0.2) is 13.2 Å². The van der Waals surface area contributed by atoms with Gasteiger partial charge in [0.2, 0.25) is 0 Å². The molecule has 0 aliphatic heterocycles. The number of benzene rings is 1. The fraction of sp³-hybridized carbons (Fsp3) is 0.538. The average molecular weight is 203 g/mol. The Balaban J connectivity index is 2.11. The second-order valence-corrected chi connectivity index (χ2v) is 4.82. The summed E-state index contributed by atoms with van der Waals surface area (Å²) in [5.41, 5.74) is 9.49. The van der Waals surface area contributed by atoms with Gasteiger partial charge in [-0.2, -0.15) is 0 Å². The van der Waals surface area contributed by atoms with Gasteiger partial charge in [-0.1, -0.05) is 6.07 Å². The predicted molar refractivity (Wildman–Crippen MR) is 60.2 cm³/mol. The van der Waals surface area contributed by atoms with Crippen LogP contribution in [0.3, 0.4) is 0 Å². The third kappa shape index (κ3) is 1.21. The Kier molecular flexibility index (Phi) is 1.84. The molecule has 0 aromatic heterocycles. The lowest BCUT2D eigenvalue weighted by Crippen LogP contribution is -2.39. The quantitative estimate of drug-likeness (QED) is 0.757. The summed E-state index contributed by atoms with van der Waals surface area (Å²) in [6, 6.07) is 6.82. The van der Waals surface area contributed by atoms with Crippen LogP contribution in [-0.2, 0) is 11.8 Å². The van der Waals surface area contributed by atoms with Crippen molar-refractivity contribution in [3.8, 4) is 5.75 Å². The summed E-state index contributed by atoms with van der Waals surface area (Å²) in [5, 5.41) is 0. The molecule has 1 fully saturated rings. The lowest BCUT2D eigenvalue weighted by molar-refractivity contribution is 0.407.